The third-order valence-corrected chi connectivity index (χ3v) is 3.73. The first-order chi connectivity index (χ1) is 10.7. The van der Waals surface area contributed by atoms with Gasteiger partial charge in [0.15, 0.2) is 0 Å². The average Bonchev–Trinajstić information content (AvgIpc) is 2.97. The fraction of sp³-hybridized carbons (Fsp3) is 0.375. The van der Waals surface area contributed by atoms with Crippen molar-refractivity contribution in [3.63, 3.8) is 0 Å². The highest BCUT2D eigenvalue weighted by Crippen LogP contribution is 2.21. The maximum absolute atomic E-state index is 14.0. The van der Waals surface area contributed by atoms with Gasteiger partial charge in [0.25, 0.3) is 0 Å². The lowest BCUT2D eigenvalue weighted by molar-refractivity contribution is -0.131. The molecule has 0 aliphatic carbocycles. The molecule has 2 aromatic rings. The van der Waals surface area contributed by atoms with E-state index in [1.54, 1.807) is 23.2 Å². The van der Waals surface area contributed by atoms with E-state index in [-0.39, 0.29) is 12.3 Å². The van der Waals surface area contributed by atoms with E-state index in [1.165, 1.54) is 6.07 Å². The van der Waals surface area contributed by atoms with Crippen LogP contribution in [0.3, 0.4) is 0 Å². The van der Waals surface area contributed by atoms with Gasteiger partial charge in [0.05, 0.1) is 25.8 Å². The van der Waals surface area contributed by atoms with Gasteiger partial charge in [-0.2, -0.15) is 0 Å². The summed E-state index contributed by atoms with van der Waals surface area (Å²) in [5, 5.41) is 3.74. The summed E-state index contributed by atoms with van der Waals surface area (Å²) in [6, 6.07) is 4.61. The minimum absolute atomic E-state index is 0.0405. The monoisotopic (exact) mass is 304 g/mol. The highest BCUT2D eigenvalue weighted by Gasteiger charge is 2.24. The van der Waals surface area contributed by atoms with E-state index in [4.69, 9.17) is 9.26 Å². The van der Waals surface area contributed by atoms with Crippen LogP contribution in [0.4, 0.5) is 4.39 Å². The SMILES string of the molecule is CCOc1ccc(CC(=O)N2CCc3oncc3C2)c(F)c1. The summed E-state index contributed by atoms with van der Waals surface area (Å²) in [5.74, 6) is 0.788. The van der Waals surface area contributed by atoms with Crippen LogP contribution < -0.4 is 4.74 Å². The normalized spacial score (nSPS) is 13.8. The second kappa shape index (κ2) is 6.17. The second-order valence-corrected chi connectivity index (χ2v) is 5.20. The van der Waals surface area contributed by atoms with Crippen molar-refractivity contribution in [1.29, 1.82) is 0 Å². The maximum Gasteiger partial charge on any atom is 0.227 e. The van der Waals surface area contributed by atoms with Crippen LogP contribution in [0.2, 0.25) is 0 Å². The molecule has 6 heteroatoms. The topological polar surface area (TPSA) is 55.6 Å². The zero-order valence-electron chi connectivity index (χ0n) is 12.3. The lowest BCUT2D eigenvalue weighted by atomic mass is 10.1. The van der Waals surface area contributed by atoms with Crippen molar-refractivity contribution in [1.82, 2.24) is 10.1 Å². The zero-order valence-corrected chi connectivity index (χ0v) is 12.3. The van der Waals surface area contributed by atoms with Gasteiger partial charge < -0.3 is 14.2 Å². The Morgan fingerprint density at radius 2 is 2.36 bits per heavy atom. The molecule has 0 radical (unpaired) electrons. The Labute approximate surface area is 127 Å². The molecule has 1 aliphatic rings. The molecule has 116 valence electrons. The van der Waals surface area contributed by atoms with Crippen LogP contribution in [0.15, 0.2) is 28.9 Å². The number of rotatable bonds is 4. The molecular weight excluding hydrogens is 287 g/mol. The minimum atomic E-state index is -0.415. The van der Waals surface area contributed by atoms with Crippen LogP contribution in [0, 0.1) is 5.82 Å². The summed E-state index contributed by atoms with van der Waals surface area (Å²) in [7, 11) is 0. The average molecular weight is 304 g/mol. The van der Waals surface area contributed by atoms with Crippen LogP contribution in [-0.4, -0.2) is 29.1 Å². The highest BCUT2D eigenvalue weighted by atomic mass is 19.1. The van der Waals surface area contributed by atoms with Crippen molar-refractivity contribution in [3.05, 3.63) is 47.1 Å². The number of benzene rings is 1. The first-order valence-electron chi connectivity index (χ1n) is 7.28. The van der Waals surface area contributed by atoms with Gasteiger partial charge in [-0.3, -0.25) is 4.79 Å². The number of hydrogen-bond donors (Lipinski definition) is 0. The Kier molecular flexibility index (Phi) is 4.09. The predicted octanol–water partition coefficient (Wildman–Crippen LogP) is 2.34. The summed E-state index contributed by atoms with van der Waals surface area (Å²) in [4.78, 5) is 14.0. The first kappa shape index (κ1) is 14.6. The Bertz CT molecular complexity index is 684. The molecule has 0 fully saturated rings. The largest absolute Gasteiger partial charge is 0.494 e. The molecular formula is C16H17FN2O3. The maximum atomic E-state index is 14.0. The summed E-state index contributed by atoms with van der Waals surface area (Å²) in [6.45, 7) is 3.35. The number of hydrogen-bond acceptors (Lipinski definition) is 4. The van der Waals surface area contributed by atoms with Crippen molar-refractivity contribution in [2.75, 3.05) is 13.2 Å². The standard InChI is InChI=1S/C16H17FN2O3/c1-2-21-13-4-3-11(14(17)8-13)7-16(20)19-6-5-15-12(10-19)9-18-22-15/h3-4,8-9H,2,5-7,10H2,1H3. The van der Waals surface area contributed by atoms with Gasteiger partial charge in [0.1, 0.15) is 17.3 Å². The lowest BCUT2D eigenvalue weighted by Crippen LogP contribution is -2.36. The minimum Gasteiger partial charge on any atom is -0.494 e. The Hall–Kier alpha value is -2.37. The number of ether oxygens (including phenoxy) is 1. The molecule has 0 N–H and O–H groups in total. The van der Waals surface area contributed by atoms with Crippen molar-refractivity contribution in [2.45, 2.75) is 26.3 Å². The van der Waals surface area contributed by atoms with Gasteiger partial charge in [0.2, 0.25) is 5.91 Å². The lowest BCUT2D eigenvalue weighted by Gasteiger charge is -2.25. The van der Waals surface area contributed by atoms with E-state index in [2.05, 4.69) is 5.16 Å². The molecule has 5 nitrogen and oxygen atoms in total. The summed E-state index contributed by atoms with van der Waals surface area (Å²) in [5.41, 5.74) is 1.30. The van der Waals surface area contributed by atoms with E-state index in [0.29, 0.717) is 37.4 Å². The smallest absolute Gasteiger partial charge is 0.227 e. The van der Waals surface area contributed by atoms with E-state index in [9.17, 15) is 9.18 Å². The summed E-state index contributed by atoms with van der Waals surface area (Å²) < 4.78 is 24.4. The number of nitrogens with zero attached hydrogens (tertiary/aromatic N) is 2. The van der Waals surface area contributed by atoms with Gasteiger partial charge in [-0.05, 0) is 18.6 Å². The summed E-state index contributed by atoms with van der Waals surface area (Å²) >= 11 is 0. The third-order valence-electron chi connectivity index (χ3n) is 3.73. The fourth-order valence-corrected chi connectivity index (χ4v) is 2.56. The Morgan fingerprint density at radius 1 is 1.50 bits per heavy atom. The number of aromatic nitrogens is 1. The quantitative estimate of drug-likeness (QED) is 0.870. The van der Waals surface area contributed by atoms with Crippen molar-refractivity contribution in [2.24, 2.45) is 0 Å². The van der Waals surface area contributed by atoms with Crippen LogP contribution in [0.25, 0.3) is 0 Å². The van der Waals surface area contributed by atoms with Gasteiger partial charge in [0, 0.05) is 24.6 Å². The van der Waals surface area contributed by atoms with Crippen molar-refractivity contribution < 1.29 is 18.4 Å². The molecule has 0 spiro atoms. The third kappa shape index (κ3) is 2.95. The van der Waals surface area contributed by atoms with Crippen LogP contribution >= 0.6 is 0 Å². The molecule has 0 unspecified atom stereocenters. The van der Waals surface area contributed by atoms with Gasteiger partial charge in [-0.25, -0.2) is 4.39 Å². The molecule has 0 atom stereocenters. The molecule has 0 bridgehead atoms. The molecule has 1 aliphatic heterocycles. The van der Waals surface area contributed by atoms with Crippen LogP contribution in [-0.2, 0) is 24.2 Å². The molecule has 3 rings (SSSR count). The number of amides is 1. The van der Waals surface area contributed by atoms with Crippen molar-refractivity contribution >= 4 is 5.91 Å². The molecule has 1 aromatic heterocycles. The second-order valence-electron chi connectivity index (χ2n) is 5.20. The van der Waals surface area contributed by atoms with E-state index < -0.39 is 5.82 Å². The molecule has 0 saturated carbocycles. The molecule has 22 heavy (non-hydrogen) atoms. The van der Waals surface area contributed by atoms with Crippen LogP contribution in [0.1, 0.15) is 23.8 Å². The van der Waals surface area contributed by atoms with Gasteiger partial charge in [-0.15, -0.1) is 0 Å². The number of carbonyl (C=O) groups excluding carboxylic acids is 1. The highest BCUT2D eigenvalue weighted by molar-refractivity contribution is 5.79. The Morgan fingerprint density at radius 3 is 3.14 bits per heavy atom. The van der Waals surface area contributed by atoms with Crippen molar-refractivity contribution in [3.8, 4) is 5.75 Å². The van der Waals surface area contributed by atoms with Gasteiger partial charge >= 0.3 is 0 Å². The number of halogens is 1. The zero-order chi connectivity index (χ0) is 15.5. The first-order valence-corrected chi connectivity index (χ1v) is 7.28. The number of carbonyl (C=O) groups is 1. The Balaban J connectivity index is 1.67. The molecule has 1 aromatic carbocycles. The number of fused-ring (bicyclic) bond motifs is 1. The fourth-order valence-electron chi connectivity index (χ4n) is 2.56. The predicted molar refractivity (Wildman–Crippen MR) is 76.9 cm³/mol. The molecule has 2 heterocycles. The van der Waals surface area contributed by atoms with Crippen LogP contribution in [0.5, 0.6) is 5.75 Å². The van der Waals surface area contributed by atoms with E-state index in [0.717, 1.165) is 11.3 Å². The van der Waals surface area contributed by atoms with E-state index in [1.807, 2.05) is 6.92 Å². The van der Waals surface area contributed by atoms with E-state index >= 15 is 0 Å². The van der Waals surface area contributed by atoms with Gasteiger partial charge in [-0.1, -0.05) is 11.2 Å². The summed E-state index contributed by atoms with van der Waals surface area (Å²) in [6.07, 6.45) is 2.32. The molecule has 0 saturated heterocycles. The molecule has 1 amide bonds.